The Balaban J connectivity index is 1.29. The Bertz CT molecular complexity index is 1330. The Morgan fingerprint density at radius 3 is 2.77 bits per heavy atom. The van der Waals surface area contributed by atoms with Gasteiger partial charge >= 0.3 is 0 Å². The van der Waals surface area contributed by atoms with Crippen molar-refractivity contribution in [1.82, 2.24) is 24.8 Å². The van der Waals surface area contributed by atoms with Gasteiger partial charge in [-0.3, -0.25) is 9.20 Å². The number of rotatable bonds is 7. The van der Waals surface area contributed by atoms with E-state index in [1.54, 1.807) is 37.6 Å². The molecule has 10 heteroatoms. The smallest absolute Gasteiger partial charge is 0.274 e. The summed E-state index contributed by atoms with van der Waals surface area (Å²) in [6.45, 7) is 2.58. The molecule has 1 aliphatic rings. The van der Waals surface area contributed by atoms with Crippen molar-refractivity contribution in [3.8, 4) is 17.1 Å². The Hall–Kier alpha value is -4.02. The molecule has 1 unspecified atom stereocenters. The zero-order chi connectivity index (χ0) is 24.2. The highest BCUT2D eigenvalue weighted by Crippen LogP contribution is 2.28. The van der Waals surface area contributed by atoms with Crippen LogP contribution in [0, 0.1) is 6.92 Å². The van der Waals surface area contributed by atoms with Crippen LogP contribution in [0.5, 0.6) is 5.75 Å². The molecule has 4 heterocycles. The van der Waals surface area contributed by atoms with Gasteiger partial charge in [-0.05, 0) is 62.2 Å². The molecule has 5 rings (SSSR count). The summed E-state index contributed by atoms with van der Waals surface area (Å²) in [5.41, 5.74) is 6.81. The number of ether oxygens (including phenoxy) is 2. The third-order valence-electron chi connectivity index (χ3n) is 5.73. The summed E-state index contributed by atoms with van der Waals surface area (Å²) < 4.78 is 12.8. The molecular formula is C25H26N6O4. The number of carbonyl (C=O) groups excluding carboxylic acids is 1. The van der Waals surface area contributed by atoms with E-state index in [1.807, 2.05) is 35.7 Å². The highest BCUT2D eigenvalue weighted by molar-refractivity contribution is 5.93. The molecule has 3 aromatic heterocycles. The number of amides is 1. The Morgan fingerprint density at radius 1 is 1.14 bits per heavy atom. The van der Waals surface area contributed by atoms with Crippen LogP contribution in [0.15, 0.2) is 54.9 Å². The van der Waals surface area contributed by atoms with Crippen LogP contribution < -0.4 is 15.5 Å². The standard InChI is InChI=1S/C25H26N6O4/c1-16-22(31-14-5-6-20(33-2)23(31)27-16)19-12-13-26-25(29-19)28-18-10-8-17(9-11-18)24(32)30-35-21-7-3-4-15-34-21/h5-6,8-14,21H,3-4,7,15H2,1-2H3,(H,30,32)(H,26,28,29). The first kappa shape index (κ1) is 22.8. The number of nitrogens with zero attached hydrogens (tertiary/aromatic N) is 4. The maximum absolute atomic E-state index is 12.4. The molecule has 1 fully saturated rings. The molecule has 35 heavy (non-hydrogen) atoms. The molecule has 2 N–H and O–H groups in total. The van der Waals surface area contributed by atoms with Crippen molar-refractivity contribution in [3.05, 3.63) is 66.1 Å². The second-order valence-corrected chi connectivity index (χ2v) is 8.13. The molecule has 4 aromatic rings. The summed E-state index contributed by atoms with van der Waals surface area (Å²) >= 11 is 0. The summed E-state index contributed by atoms with van der Waals surface area (Å²) in [6.07, 6.45) is 6.03. The predicted molar refractivity (Wildman–Crippen MR) is 129 cm³/mol. The van der Waals surface area contributed by atoms with E-state index in [4.69, 9.17) is 14.3 Å². The summed E-state index contributed by atoms with van der Waals surface area (Å²) in [7, 11) is 1.62. The summed E-state index contributed by atoms with van der Waals surface area (Å²) in [4.78, 5) is 31.4. The van der Waals surface area contributed by atoms with Gasteiger partial charge in [0, 0.05) is 36.7 Å². The van der Waals surface area contributed by atoms with E-state index in [-0.39, 0.29) is 5.91 Å². The Morgan fingerprint density at radius 2 is 2.00 bits per heavy atom. The number of benzene rings is 1. The molecule has 1 aromatic carbocycles. The van der Waals surface area contributed by atoms with Crippen LogP contribution in [0.25, 0.3) is 17.0 Å². The minimum Gasteiger partial charge on any atom is -0.493 e. The molecule has 180 valence electrons. The van der Waals surface area contributed by atoms with Crippen LogP contribution >= 0.6 is 0 Å². The third-order valence-corrected chi connectivity index (χ3v) is 5.73. The van der Waals surface area contributed by atoms with E-state index in [1.165, 1.54) is 0 Å². The maximum atomic E-state index is 12.4. The van der Waals surface area contributed by atoms with Gasteiger partial charge in [-0.15, -0.1) is 0 Å². The van der Waals surface area contributed by atoms with Crippen LogP contribution in [0.4, 0.5) is 11.6 Å². The van der Waals surface area contributed by atoms with Gasteiger partial charge in [0.25, 0.3) is 5.91 Å². The van der Waals surface area contributed by atoms with Crippen LogP contribution in [0.1, 0.15) is 35.3 Å². The van der Waals surface area contributed by atoms with Crippen molar-refractivity contribution in [2.45, 2.75) is 32.5 Å². The average molecular weight is 475 g/mol. The first-order valence-electron chi connectivity index (χ1n) is 11.4. The van der Waals surface area contributed by atoms with Gasteiger partial charge in [-0.25, -0.2) is 25.3 Å². The molecule has 1 aliphatic heterocycles. The second-order valence-electron chi connectivity index (χ2n) is 8.13. The monoisotopic (exact) mass is 474 g/mol. The molecule has 10 nitrogen and oxygen atoms in total. The first-order valence-corrected chi connectivity index (χ1v) is 11.4. The predicted octanol–water partition coefficient (Wildman–Crippen LogP) is 4.04. The molecule has 0 bridgehead atoms. The first-order chi connectivity index (χ1) is 17.1. The third kappa shape index (κ3) is 4.93. The average Bonchev–Trinajstić information content (AvgIpc) is 3.24. The highest BCUT2D eigenvalue weighted by atomic mass is 16.8. The van der Waals surface area contributed by atoms with E-state index in [2.05, 4.69) is 25.7 Å². The number of carbonyl (C=O) groups is 1. The number of pyridine rings is 1. The summed E-state index contributed by atoms with van der Waals surface area (Å²) in [5.74, 6) is 0.785. The van der Waals surface area contributed by atoms with Gasteiger partial charge in [0.05, 0.1) is 24.2 Å². The normalized spacial score (nSPS) is 15.7. The lowest BCUT2D eigenvalue weighted by atomic mass is 10.2. The van der Waals surface area contributed by atoms with Gasteiger partial charge in [0.15, 0.2) is 17.7 Å². The number of nitrogens with one attached hydrogen (secondary N) is 2. The molecule has 1 amide bonds. The number of hydrogen-bond donors (Lipinski definition) is 2. The lowest BCUT2D eigenvalue weighted by Crippen LogP contribution is -2.33. The van der Waals surface area contributed by atoms with Crippen molar-refractivity contribution in [2.24, 2.45) is 0 Å². The number of methoxy groups -OCH3 is 1. The molecule has 0 spiro atoms. The Labute approximate surface area is 202 Å². The lowest BCUT2D eigenvalue weighted by molar-refractivity contribution is -0.186. The van der Waals surface area contributed by atoms with Crippen molar-refractivity contribution >= 4 is 23.2 Å². The van der Waals surface area contributed by atoms with E-state index in [0.29, 0.717) is 23.9 Å². The zero-order valence-corrected chi connectivity index (χ0v) is 19.5. The zero-order valence-electron chi connectivity index (χ0n) is 19.5. The van der Waals surface area contributed by atoms with E-state index in [9.17, 15) is 4.79 Å². The number of anilines is 2. The lowest BCUT2D eigenvalue weighted by Gasteiger charge is -2.22. The van der Waals surface area contributed by atoms with Crippen molar-refractivity contribution in [3.63, 3.8) is 0 Å². The van der Waals surface area contributed by atoms with E-state index in [0.717, 1.165) is 47.7 Å². The van der Waals surface area contributed by atoms with Gasteiger partial charge < -0.3 is 14.8 Å². The number of hydrogen-bond acceptors (Lipinski definition) is 8. The van der Waals surface area contributed by atoms with Crippen molar-refractivity contribution < 1.29 is 19.1 Å². The number of aromatic nitrogens is 4. The summed E-state index contributed by atoms with van der Waals surface area (Å²) in [5, 5.41) is 3.19. The molecule has 0 radical (unpaired) electrons. The summed E-state index contributed by atoms with van der Waals surface area (Å²) in [6, 6.07) is 12.6. The van der Waals surface area contributed by atoms with Crippen LogP contribution in [-0.4, -0.2) is 45.3 Å². The van der Waals surface area contributed by atoms with Crippen molar-refractivity contribution in [1.29, 1.82) is 0 Å². The van der Waals surface area contributed by atoms with Gasteiger partial charge in [-0.1, -0.05) is 0 Å². The number of aryl methyl sites for hydroxylation is 1. The molecule has 1 atom stereocenters. The minimum absolute atomic E-state index is 0.331. The molecule has 0 aliphatic carbocycles. The maximum Gasteiger partial charge on any atom is 0.274 e. The Kier molecular flexibility index (Phi) is 6.55. The van der Waals surface area contributed by atoms with E-state index >= 15 is 0 Å². The fourth-order valence-corrected chi connectivity index (χ4v) is 3.99. The van der Waals surface area contributed by atoms with E-state index < -0.39 is 6.29 Å². The van der Waals surface area contributed by atoms with Crippen LogP contribution in [-0.2, 0) is 9.57 Å². The minimum atomic E-state index is -0.393. The van der Waals surface area contributed by atoms with Crippen LogP contribution in [0.3, 0.4) is 0 Å². The quantitative estimate of drug-likeness (QED) is 0.386. The highest BCUT2D eigenvalue weighted by Gasteiger charge is 2.17. The van der Waals surface area contributed by atoms with Crippen molar-refractivity contribution in [2.75, 3.05) is 19.0 Å². The second kappa shape index (κ2) is 10.1. The number of fused-ring (bicyclic) bond motifs is 1. The fourth-order valence-electron chi connectivity index (χ4n) is 3.99. The SMILES string of the molecule is COc1cccn2c(-c3ccnc(Nc4ccc(C(=O)NOC5CCCCO5)cc4)n3)c(C)nc12. The van der Waals surface area contributed by atoms with Gasteiger partial charge in [-0.2, -0.15) is 0 Å². The molecular weight excluding hydrogens is 448 g/mol. The van der Waals surface area contributed by atoms with Crippen LogP contribution in [0.2, 0.25) is 0 Å². The number of hydroxylamine groups is 1. The van der Waals surface area contributed by atoms with Gasteiger partial charge in [0.1, 0.15) is 0 Å². The largest absolute Gasteiger partial charge is 0.493 e. The fraction of sp³-hybridized carbons (Fsp3) is 0.280. The number of imidazole rings is 1. The van der Waals surface area contributed by atoms with Gasteiger partial charge in [0.2, 0.25) is 5.95 Å². The molecule has 0 saturated carbocycles. The topological polar surface area (TPSA) is 112 Å². The molecule has 1 saturated heterocycles.